The quantitative estimate of drug-likeness (QED) is 0.333. The second kappa shape index (κ2) is 7.51. The van der Waals surface area contributed by atoms with Crippen molar-refractivity contribution in [3.8, 4) is 0 Å². The molecule has 0 spiro atoms. The highest BCUT2D eigenvalue weighted by molar-refractivity contribution is 7.99. The van der Waals surface area contributed by atoms with Crippen LogP contribution in [0.15, 0.2) is 40.4 Å². The van der Waals surface area contributed by atoms with Crippen molar-refractivity contribution in [1.29, 1.82) is 0 Å². The van der Waals surface area contributed by atoms with E-state index in [1.54, 1.807) is 25.9 Å². The zero-order chi connectivity index (χ0) is 18.8. The summed E-state index contributed by atoms with van der Waals surface area (Å²) in [6, 6.07) is 6.26. The summed E-state index contributed by atoms with van der Waals surface area (Å²) < 4.78 is 53.5. The van der Waals surface area contributed by atoms with E-state index in [1.807, 2.05) is 29.9 Å². The van der Waals surface area contributed by atoms with Gasteiger partial charge in [0.1, 0.15) is 11.5 Å². The number of alkyl halides is 3. The molecule has 1 heterocycles. The fourth-order valence-corrected chi connectivity index (χ4v) is 3.04. The number of halogens is 4. The van der Waals surface area contributed by atoms with Gasteiger partial charge in [-0.05, 0) is 36.8 Å². The molecular weight excluding hydrogens is 354 g/mol. The minimum absolute atomic E-state index is 0.0141. The Hall–Kier alpha value is -1.96. The Morgan fingerprint density at radius 1 is 1.28 bits per heavy atom. The molecule has 0 radical (unpaired) electrons. The van der Waals surface area contributed by atoms with Gasteiger partial charge in [0, 0.05) is 32.2 Å². The maximum atomic E-state index is 14.3. The van der Waals surface area contributed by atoms with Crippen molar-refractivity contribution in [3.63, 3.8) is 0 Å². The van der Waals surface area contributed by atoms with E-state index >= 15 is 0 Å². The molecule has 0 saturated heterocycles. The Morgan fingerprint density at radius 3 is 2.48 bits per heavy atom. The van der Waals surface area contributed by atoms with Gasteiger partial charge in [-0.3, -0.25) is 0 Å². The summed E-state index contributed by atoms with van der Waals surface area (Å²) >= 11 is 0.633. The summed E-state index contributed by atoms with van der Waals surface area (Å²) in [5.41, 5.74) is 1.24. The topological polar surface area (TPSA) is 20.5 Å². The largest absolute Gasteiger partial charge is 0.398 e. The van der Waals surface area contributed by atoms with Gasteiger partial charge in [0.2, 0.25) is 0 Å². The van der Waals surface area contributed by atoms with Crippen LogP contribution in [0.4, 0.5) is 23.2 Å². The lowest BCUT2D eigenvalue weighted by atomic mass is 10.2. The normalized spacial score (nSPS) is 12.6. The van der Waals surface area contributed by atoms with E-state index in [9.17, 15) is 17.6 Å². The summed E-state index contributed by atoms with van der Waals surface area (Å²) in [7, 11) is 5.39. The van der Waals surface area contributed by atoms with Gasteiger partial charge in [0.25, 0.3) is 0 Å². The third-order valence-electron chi connectivity index (χ3n) is 3.46. The molecule has 0 N–H and O–H groups in total. The first-order valence-electron chi connectivity index (χ1n) is 7.46. The zero-order valence-electron chi connectivity index (χ0n) is 14.4. The van der Waals surface area contributed by atoms with Crippen molar-refractivity contribution < 1.29 is 17.6 Å². The maximum Gasteiger partial charge on any atom is 0.398 e. The monoisotopic (exact) mass is 373 g/mol. The molecule has 0 aliphatic rings. The van der Waals surface area contributed by atoms with E-state index in [-0.39, 0.29) is 5.69 Å². The van der Waals surface area contributed by atoms with Crippen molar-refractivity contribution in [1.82, 2.24) is 9.47 Å². The fraction of sp³-hybridized carbons (Fsp3) is 0.353. The number of aromatic nitrogens is 1. The van der Waals surface area contributed by atoms with E-state index in [2.05, 4.69) is 4.99 Å². The number of aryl methyl sites for hydroxylation is 2. The Bertz CT molecular complexity index is 779. The smallest absolute Gasteiger partial charge is 0.361 e. The highest BCUT2D eigenvalue weighted by Crippen LogP contribution is 2.33. The van der Waals surface area contributed by atoms with Crippen molar-refractivity contribution in [2.24, 2.45) is 12.0 Å². The average Bonchev–Trinajstić information content (AvgIpc) is 2.90. The molecule has 2 aromatic rings. The molecule has 0 aliphatic carbocycles. The second-order valence-electron chi connectivity index (χ2n) is 5.81. The Morgan fingerprint density at radius 2 is 1.96 bits per heavy atom. The number of nitrogens with zero attached hydrogens (tertiary/aromatic N) is 3. The molecular formula is C17H19F4N3S. The van der Waals surface area contributed by atoms with Gasteiger partial charge in [0.05, 0.1) is 11.4 Å². The number of thioether (sulfide) groups is 1. The summed E-state index contributed by atoms with van der Waals surface area (Å²) in [5.74, 6) is -1.08. The first-order chi connectivity index (χ1) is 11.6. The van der Waals surface area contributed by atoms with Gasteiger partial charge in [-0.15, -0.1) is 11.8 Å². The number of amidine groups is 1. The first-order valence-corrected chi connectivity index (χ1v) is 8.44. The first kappa shape index (κ1) is 19.4. The summed E-state index contributed by atoms with van der Waals surface area (Å²) in [6.07, 6.45) is -2.45. The van der Waals surface area contributed by atoms with Gasteiger partial charge >= 0.3 is 6.18 Å². The van der Waals surface area contributed by atoms with Crippen LogP contribution < -0.4 is 0 Å². The molecule has 0 unspecified atom stereocenters. The molecule has 1 aromatic carbocycles. The van der Waals surface area contributed by atoms with E-state index in [4.69, 9.17) is 0 Å². The molecule has 0 amide bonds. The molecule has 8 heteroatoms. The van der Waals surface area contributed by atoms with Crippen LogP contribution in [0.5, 0.6) is 0 Å². The lowest BCUT2D eigenvalue weighted by Crippen LogP contribution is -2.25. The Balaban J connectivity index is 2.45. The third-order valence-corrected chi connectivity index (χ3v) is 4.68. The molecule has 0 bridgehead atoms. The predicted octanol–water partition coefficient (Wildman–Crippen LogP) is 4.77. The van der Waals surface area contributed by atoms with Crippen molar-refractivity contribution in [3.05, 3.63) is 47.5 Å². The molecule has 2 rings (SSSR count). The van der Waals surface area contributed by atoms with Crippen LogP contribution in [-0.2, 0) is 7.05 Å². The van der Waals surface area contributed by atoms with Gasteiger partial charge < -0.3 is 9.47 Å². The standard InChI is InChI=1S/C17H19F4N3S/c1-11-8-12(18)13(9-15(11)25-10-17(19,20)21)22-16(23(2)3)14-6-5-7-24(14)4/h5-9H,10H2,1-4H3. The van der Waals surface area contributed by atoms with Crippen molar-refractivity contribution in [2.75, 3.05) is 19.8 Å². The molecule has 0 fully saturated rings. The molecule has 0 aliphatic heterocycles. The molecule has 0 saturated carbocycles. The van der Waals surface area contributed by atoms with Crippen LogP contribution >= 0.6 is 11.8 Å². The van der Waals surface area contributed by atoms with Crippen molar-refractivity contribution >= 4 is 23.3 Å². The highest BCUT2D eigenvalue weighted by atomic mass is 32.2. The Labute approximate surface area is 148 Å². The summed E-state index contributed by atoms with van der Waals surface area (Å²) in [6.45, 7) is 1.58. The van der Waals surface area contributed by atoms with Gasteiger partial charge in [-0.25, -0.2) is 9.38 Å². The van der Waals surface area contributed by atoms with Crippen LogP contribution in [-0.4, -0.2) is 41.3 Å². The summed E-state index contributed by atoms with van der Waals surface area (Å²) in [5, 5.41) is 0. The molecule has 3 nitrogen and oxygen atoms in total. The van der Waals surface area contributed by atoms with Crippen LogP contribution in [0.25, 0.3) is 0 Å². The van der Waals surface area contributed by atoms with E-state index in [0.29, 0.717) is 28.1 Å². The molecule has 0 atom stereocenters. The fourth-order valence-electron chi connectivity index (χ4n) is 2.24. The van der Waals surface area contributed by atoms with Gasteiger partial charge in [-0.2, -0.15) is 13.2 Å². The van der Waals surface area contributed by atoms with Crippen LogP contribution in [0.2, 0.25) is 0 Å². The molecule has 136 valence electrons. The maximum absolute atomic E-state index is 14.3. The molecule has 25 heavy (non-hydrogen) atoms. The number of hydrogen-bond acceptors (Lipinski definition) is 2. The highest BCUT2D eigenvalue weighted by Gasteiger charge is 2.27. The molecule has 1 aromatic heterocycles. The number of rotatable bonds is 4. The number of aliphatic imine (C=N–C) groups is 1. The minimum atomic E-state index is -4.28. The van der Waals surface area contributed by atoms with E-state index in [0.717, 1.165) is 5.69 Å². The lowest BCUT2D eigenvalue weighted by molar-refractivity contribution is -0.105. The third kappa shape index (κ3) is 5.01. The van der Waals surface area contributed by atoms with Crippen LogP contribution in [0, 0.1) is 12.7 Å². The predicted molar refractivity (Wildman–Crippen MR) is 93.2 cm³/mol. The van der Waals surface area contributed by atoms with E-state index in [1.165, 1.54) is 12.1 Å². The number of hydrogen-bond donors (Lipinski definition) is 0. The summed E-state index contributed by atoms with van der Waals surface area (Å²) in [4.78, 5) is 6.46. The minimum Gasteiger partial charge on any atom is -0.361 e. The van der Waals surface area contributed by atoms with Crippen molar-refractivity contribution in [2.45, 2.75) is 18.0 Å². The van der Waals surface area contributed by atoms with Gasteiger partial charge in [-0.1, -0.05) is 0 Å². The Kier molecular flexibility index (Phi) is 5.82. The second-order valence-corrected chi connectivity index (χ2v) is 6.82. The van der Waals surface area contributed by atoms with Crippen LogP contribution in [0.3, 0.4) is 0 Å². The van der Waals surface area contributed by atoms with Gasteiger partial charge in [0.15, 0.2) is 5.84 Å². The van der Waals surface area contributed by atoms with Crippen LogP contribution in [0.1, 0.15) is 11.3 Å². The number of benzene rings is 1. The van der Waals surface area contributed by atoms with E-state index < -0.39 is 17.7 Å². The SMILES string of the molecule is Cc1cc(F)c(N=C(c2cccn2C)N(C)C)cc1SCC(F)(F)F. The zero-order valence-corrected chi connectivity index (χ0v) is 15.2. The average molecular weight is 373 g/mol. The lowest BCUT2D eigenvalue weighted by Gasteiger charge is -2.17.